The molecular formula is C15H25IN4O2. The minimum Gasteiger partial charge on any atom is -0.481 e. The third kappa shape index (κ3) is 5.28. The van der Waals surface area contributed by atoms with Crippen LogP contribution in [-0.2, 0) is 11.3 Å². The van der Waals surface area contributed by atoms with Crippen LogP contribution in [0.4, 0.5) is 0 Å². The number of pyridine rings is 1. The summed E-state index contributed by atoms with van der Waals surface area (Å²) >= 11 is 0. The Kier molecular flexibility index (Phi) is 8.47. The molecule has 1 N–H and O–H groups in total. The van der Waals surface area contributed by atoms with Crippen LogP contribution in [0.3, 0.4) is 0 Å². The van der Waals surface area contributed by atoms with Gasteiger partial charge < -0.3 is 19.7 Å². The molecule has 124 valence electrons. The van der Waals surface area contributed by atoms with Crippen LogP contribution in [0.1, 0.15) is 12.1 Å². The van der Waals surface area contributed by atoms with Gasteiger partial charge in [-0.3, -0.25) is 4.99 Å². The smallest absolute Gasteiger partial charge is 0.213 e. The highest BCUT2D eigenvalue weighted by Crippen LogP contribution is 2.16. The number of rotatable bonds is 5. The first kappa shape index (κ1) is 19.0. The van der Waals surface area contributed by atoms with Crippen molar-refractivity contribution in [3.8, 4) is 5.88 Å². The Labute approximate surface area is 149 Å². The first-order chi connectivity index (χ1) is 10.3. The summed E-state index contributed by atoms with van der Waals surface area (Å²) in [6, 6.07) is 5.75. The average Bonchev–Trinajstić information content (AvgIpc) is 2.97. The normalized spacial score (nSPS) is 18.0. The summed E-state index contributed by atoms with van der Waals surface area (Å²) in [6.07, 6.45) is 1.14. The summed E-state index contributed by atoms with van der Waals surface area (Å²) in [5.74, 6) is 2.13. The molecule has 1 aromatic heterocycles. The lowest BCUT2D eigenvalue weighted by Crippen LogP contribution is -2.40. The maximum Gasteiger partial charge on any atom is 0.213 e. The number of likely N-dealkylation sites (tertiary alicyclic amines) is 1. The van der Waals surface area contributed by atoms with Gasteiger partial charge in [0.1, 0.15) is 0 Å². The Morgan fingerprint density at radius 3 is 2.95 bits per heavy atom. The third-order valence-electron chi connectivity index (χ3n) is 3.62. The van der Waals surface area contributed by atoms with Crippen LogP contribution in [0.5, 0.6) is 5.88 Å². The molecule has 6 nitrogen and oxygen atoms in total. The Morgan fingerprint density at radius 1 is 1.45 bits per heavy atom. The standard InChI is InChI=1S/C15H24N4O2.HI/c1-16-15(19-8-7-12(10-19)11-20-2)17-9-13-5-4-6-14(18-13)21-3;/h4-6,12H,7-11H2,1-3H3,(H,16,17);1H. The number of nitrogens with zero attached hydrogens (tertiary/aromatic N) is 3. The van der Waals surface area contributed by atoms with E-state index in [1.54, 1.807) is 14.2 Å². The van der Waals surface area contributed by atoms with Crippen LogP contribution in [0.25, 0.3) is 0 Å². The highest BCUT2D eigenvalue weighted by molar-refractivity contribution is 14.0. The first-order valence-corrected chi connectivity index (χ1v) is 7.21. The number of methoxy groups -OCH3 is 2. The van der Waals surface area contributed by atoms with Crippen molar-refractivity contribution in [3.05, 3.63) is 23.9 Å². The van der Waals surface area contributed by atoms with Gasteiger partial charge >= 0.3 is 0 Å². The molecule has 1 aliphatic heterocycles. The van der Waals surface area contributed by atoms with E-state index in [1.165, 1.54) is 0 Å². The van der Waals surface area contributed by atoms with Gasteiger partial charge in [0, 0.05) is 39.2 Å². The zero-order valence-electron chi connectivity index (χ0n) is 13.4. The fraction of sp³-hybridized carbons (Fsp3) is 0.600. The van der Waals surface area contributed by atoms with E-state index in [0.29, 0.717) is 18.3 Å². The zero-order valence-corrected chi connectivity index (χ0v) is 15.7. The average molecular weight is 420 g/mol. The Hall–Kier alpha value is -1.09. The van der Waals surface area contributed by atoms with E-state index in [2.05, 4.69) is 20.2 Å². The molecule has 0 radical (unpaired) electrons. The monoisotopic (exact) mass is 420 g/mol. The molecule has 0 bridgehead atoms. The van der Waals surface area contributed by atoms with Crippen molar-refractivity contribution in [2.24, 2.45) is 10.9 Å². The minimum absolute atomic E-state index is 0. The lowest BCUT2D eigenvalue weighted by Gasteiger charge is -2.21. The summed E-state index contributed by atoms with van der Waals surface area (Å²) in [7, 11) is 5.19. The molecule has 1 unspecified atom stereocenters. The number of hydrogen-bond donors (Lipinski definition) is 1. The molecule has 1 fully saturated rings. The molecular weight excluding hydrogens is 395 g/mol. The van der Waals surface area contributed by atoms with Gasteiger partial charge in [-0.25, -0.2) is 4.98 Å². The lowest BCUT2D eigenvalue weighted by molar-refractivity contribution is 0.157. The number of nitrogens with one attached hydrogen (secondary N) is 1. The predicted octanol–water partition coefficient (Wildman–Crippen LogP) is 1.75. The van der Waals surface area contributed by atoms with Gasteiger partial charge in [-0.2, -0.15) is 0 Å². The Morgan fingerprint density at radius 2 is 2.27 bits per heavy atom. The first-order valence-electron chi connectivity index (χ1n) is 7.21. The largest absolute Gasteiger partial charge is 0.481 e. The summed E-state index contributed by atoms with van der Waals surface area (Å²) in [5.41, 5.74) is 0.933. The molecule has 1 aromatic rings. The highest BCUT2D eigenvalue weighted by Gasteiger charge is 2.24. The van der Waals surface area contributed by atoms with Crippen LogP contribution in [0, 0.1) is 5.92 Å². The molecule has 0 aromatic carbocycles. The SMILES string of the molecule is CN=C(NCc1cccc(OC)n1)N1CCC(COC)C1.I. The molecule has 0 saturated carbocycles. The van der Waals surface area contributed by atoms with E-state index >= 15 is 0 Å². The molecule has 7 heteroatoms. The number of ether oxygens (including phenoxy) is 2. The number of halogens is 1. The van der Waals surface area contributed by atoms with E-state index in [4.69, 9.17) is 9.47 Å². The van der Waals surface area contributed by atoms with Gasteiger partial charge in [-0.05, 0) is 12.5 Å². The Balaban J connectivity index is 0.00000242. The van der Waals surface area contributed by atoms with Crippen LogP contribution in [0.15, 0.2) is 23.2 Å². The van der Waals surface area contributed by atoms with Gasteiger partial charge in [0.15, 0.2) is 5.96 Å². The van der Waals surface area contributed by atoms with Gasteiger partial charge in [0.05, 0.1) is 26.0 Å². The molecule has 0 aliphatic carbocycles. The van der Waals surface area contributed by atoms with Crippen molar-refractivity contribution in [2.75, 3.05) is 41.0 Å². The number of aliphatic imine (C=N–C) groups is 1. The second kappa shape index (κ2) is 9.83. The van der Waals surface area contributed by atoms with E-state index < -0.39 is 0 Å². The van der Waals surface area contributed by atoms with Crippen molar-refractivity contribution in [1.29, 1.82) is 0 Å². The number of aromatic nitrogens is 1. The van der Waals surface area contributed by atoms with Crippen molar-refractivity contribution < 1.29 is 9.47 Å². The molecule has 1 saturated heterocycles. The quantitative estimate of drug-likeness (QED) is 0.447. The maximum absolute atomic E-state index is 5.23. The molecule has 1 atom stereocenters. The van der Waals surface area contributed by atoms with Gasteiger partial charge in [0.25, 0.3) is 0 Å². The highest BCUT2D eigenvalue weighted by atomic mass is 127. The van der Waals surface area contributed by atoms with E-state index in [1.807, 2.05) is 25.2 Å². The second-order valence-electron chi connectivity index (χ2n) is 5.13. The number of guanidine groups is 1. The number of hydrogen-bond acceptors (Lipinski definition) is 4. The lowest BCUT2D eigenvalue weighted by atomic mass is 10.1. The summed E-state index contributed by atoms with van der Waals surface area (Å²) in [6.45, 7) is 3.44. The van der Waals surface area contributed by atoms with Crippen molar-refractivity contribution in [2.45, 2.75) is 13.0 Å². The fourth-order valence-electron chi connectivity index (χ4n) is 2.57. The second-order valence-corrected chi connectivity index (χ2v) is 5.13. The van der Waals surface area contributed by atoms with E-state index in [9.17, 15) is 0 Å². The van der Waals surface area contributed by atoms with Crippen molar-refractivity contribution >= 4 is 29.9 Å². The van der Waals surface area contributed by atoms with Gasteiger partial charge in [0.2, 0.25) is 5.88 Å². The molecule has 1 aliphatic rings. The third-order valence-corrected chi connectivity index (χ3v) is 3.62. The van der Waals surface area contributed by atoms with Crippen LogP contribution in [0.2, 0.25) is 0 Å². The zero-order chi connectivity index (χ0) is 15.1. The summed E-state index contributed by atoms with van der Waals surface area (Å²) in [4.78, 5) is 11.0. The van der Waals surface area contributed by atoms with Crippen LogP contribution >= 0.6 is 24.0 Å². The molecule has 2 heterocycles. The summed E-state index contributed by atoms with van der Waals surface area (Å²) in [5, 5.41) is 3.36. The minimum atomic E-state index is 0. The van der Waals surface area contributed by atoms with E-state index in [0.717, 1.165) is 37.8 Å². The molecule has 22 heavy (non-hydrogen) atoms. The molecule has 0 amide bonds. The summed E-state index contributed by atoms with van der Waals surface area (Å²) < 4.78 is 10.4. The maximum atomic E-state index is 5.23. The molecule has 0 spiro atoms. The van der Waals surface area contributed by atoms with Crippen molar-refractivity contribution in [3.63, 3.8) is 0 Å². The predicted molar refractivity (Wildman–Crippen MR) is 98.0 cm³/mol. The van der Waals surface area contributed by atoms with Gasteiger partial charge in [-0.15, -0.1) is 24.0 Å². The van der Waals surface area contributed by atoms with Crippen LogP contribution in [-0.4, -0.2) is 56.8 Å². The van der Waals surface area contributed by atoms with E-state index in [-0.39, 0.29) is 24.0 Å². The Bertz CT molecular complexity index is 484. The van der Waals surface area contributed by atoms with Gasteiger partial charge in [-0.1, -0.05) is 6.07 Å². The van der Waals surface area contributed by atoms with Crippen molar-refractivity contribution in [1.82, 2.24) is 15.2 Å². The topological polar surface area (TPSA) is 59.0 Å². The molecule has 2 rings (SSSR count). The van der Waals surface area contributed by atoms with Crippen LogP contribution < -0.4 is 10.1 Å². The fourth-order valence-corrected chi connectivity index (χ4v) is 2.57.